The molecule has 0 spiro atoms. The summed E-state index contributed by atoms with van der Waals surface area (Å²) in [5.74, 6) is 0.402. The van der Waals surface area contributed by atoms with Crippen molar-refractivity contribution in [2.75, 3.05) is 19.6 Å². The summed E-state index contributed by atoms with van der Waals surface area (Å²) in [5, 5.41) is 6.69. The Morgan fingerprint density at radius 3 is 3.13 bits per heavy atom. The quantitative estimate of drug-likeness (QED) is 0.827. The van der Waals surface area contributed by atoms with E-state index in [1.165, 1.54) is 0 Å². The molecule has 1 N–H and O–H groups in total. The van der Waals surface area contributed by atoms with Crippen LogP contribution in [0.15, 0.2) is 10.9 Å². The van der Waals surface area contributed by atoms with Gasteiger partial charge in [0.1, 0.15) is 5.02 Å². The molecule has 1 unspecified atom stereocenters. The molecule has 1 saturated heterocycles. The molecule has 1 aromatic rings. The fourth-order valence-electron chi connectivity index (χ4n) is 1.97. The highest BCUT2D eigenvalue weighted by Gasteiger charge is 2.24. The Kier molecular flexibility index (Phi) is 3.07. The molecule has 0 aliphatic carbocycles. The highest BCUT2D eigenvalue weighted by atomic mass is 35.5. The van der Waals surface area contributed by atoms with Crippen molar-refractivity contribution in [2.45, 2.75) is 19.3 Å². The van der Waals surface area contributed by atoms with Crippen LogP contribution in [0.4, 0.5) is 0 Å². The van der Waals surface area contributed by atoms with E-state index in [4.69, 9.17) is 11.6 Å². The number of nitrogens with one attached hydrogen (secondary N) is 1. The second-order valence-corrected chi connectivity index (χ2v) is 4.26. The van der Waals surface area contributed by atoms with Crippen molar-refractivity contribution < 1.29 is 0 Å². The molecule has 4 nitrogen and oxygen atoms in total. The number of aromatic amines is 1. The van der Waals surface area contributed by atoms with Crippen molar-refractivity contribution in [1.82, 2.24) is 15.1 Å². The van der Waals surface area contributed by atoms with E-state index >= 15 is 0 Å². The fraction of sp³-hybridized carbons (Fsp3) is 0.600. The molecular formula is C10H14ClN3O. The molecule has 1 aliphatic rings. The van der Waals surface area contributed by atoms with Crippen LogP contribution in [-0.4, -0.2) is 34.7 Å². The van der Waals surface area contributed by atoms with Gasteiger partial charge in [0.05, 0.1) is 5.69 Å². The van der Waals surface area contributed by atoms with E-state index in [-0.39, 0.29) is 10.6 Å². The van der Waals surface area contributed by atoms with Crippen LogP contribution in [0, 0.1) is 0 Å². The van der Waals surface area contributed by atoms with Crippen molar-refractivity contribution in [3.05, 3.63) is 27.1 Å². The number of aromatic nitrogens is 2. The summed E-state index contributed by atoms with van der Waals surface area (Å²) in [4.78, 5) is 13.4. The van der Waals surface area contributed by atoms with Gasteiger partial charge in [-0.1, -0.05) is 18.5 Å². The van der Waals surface area contributed by atoms with Gasteiger partial charge in [-0.05, 0) is 25.6 Å². The van der Waals surface area contributed by atoms with Gasteiger partial charge >= 0.3 is 0 Å². The van der Waals surface area contributed by atoms with Gasteiger partial charge < -0.3 is 4.90 Å². The largest absolute Gasteiger partial charge is 0.303 e. The molecule has 0 amide bonds. The molecule has 0 saturated carbocycles. The van der Waals surface area contributed by atoms with Crippen LogP contribution in [0.3, 0.4) is 0 Å². The molecule has 82 valence electrons. The number of likely N-dealkylation sites (N-methyl/N-ethyl adjacent to an activating group) is 1. The number of hydrogen-bond donors (Lipinski definition) is 1. The molecule has 1 aromatic heterocycles. The summed E-state index contributed by atoms with van der Waals surface area (Å²) in [5.41, 5.74) is 0.585. The average Bonchev–Trinajstić information content (AvgIpc) is 2.70. The number of H-pyrrole nitrogens is 1. The zero-order chi connectivity index (χ0) is 10.8. The maximum absolute atomic E-state index is 11.0. The molecule has 15 heavy (non-hydrogen) atoms. The van der Waals surface area contributed by atoms with Gasteiger partial charge in [0, 0.05) is 12.5 Å². The first-order chi connectivity index (χ1) is 7.20. The number of halogens is 1. The number of likely N-dealkylation sites (tertiary alicyclic amines) is 1. The molecule has 1 atom stereocenters. The third kappa shape index (κ3) is 2.21. The SMILES string of the molecule is CCN1CCC(c2cc(Cl)c(=O)[nH]n2)C1. The normalized spacial score (nSPS) is 22.1. The second-order valence-electron chi connectivity index (χ2n) is 3.85. The number of rotatable bonds is 2. The topological polar surface area (TPSA) is 49.0 Å². The summed E-state index contributed by atoms with van der Waals surface area (Å²) in [7, 11) is 0. The van der Waals surface area contributed by atoms with Crippen LogP contribution in [0.2, 0.25) is 5.02 Å². The Labute approximate surface area is 93.2 Å². The van der Waals surface area contributed by atoms with Gasteiger partial charge in [-0.3, -0.25) is 4.79 Å². The standard InChI is InChI=1S/C10H14ClN3O/c1-2-14-4-3-7(6-14)9-5-8(11)10(15)13-12-9/h5,7H,2-4,6H2,1H3,(H,13,15). The highest BCUT2D eigenvalue weighted by molar-refractivity contribution is 6.30. The smallest absolute Gasteiger partial charge is 0.282 e. The third-order valence-electron chi connectivity index (χ3n) is 2.92. The van der Waals surface area contributed by atoms with Gasteiger partial charge in [0.2, 0.25) is 0 Å². The minimum Gasteiger partial charge on any atom is -0.303 e. The minimum absolute atomic E-state index is 0.231. The maximum atomic E-state index is 11.0. The summed E-state index contributed by atoms with van der Waals surface area (Å²) < 4.78 is 0. The molecule has 2 rings (SSSR count). The first kappa shape index (κ1) is 10.6. The molecular weight excluding hydrogens is 214 g/mol. The summed E-state index contributed by atoms with van der Waals surface area (Å²) in [6, 6.07) is 1.68. The molecule has 1 fully saturated rings. The Balaban J connectivity index is 2.17. The zero-order valence-corrected chi connectivity index (χ0v) is 9.42. The molecule has 2 heterocycles. The van der Waals surface area contributed by atoms with Crippen molar-refractivity contribution in [3.63, 3.8) is 0 Å². The predicted octanol–water partition coefficient (Wildman–Crippen LogP) is 1.23. The van der Waals surface area contributed by atoms with Crippen LogP contribution >= 0.6 is 11.6 Å². The lowest BCUT2D eigenvalue weighted by Crippen LogP contribution is -2.20. The highest BCUT2D eigenvalue weighted by Crippen LogP contribution is 2.25. The third-order valence-corrected chi connectivity index (χ3v) is 3.20. The molecule has 0 bridgehead atoms. The van der Waals surface area contributed by atoms with Gasteiger partial charge in [-0.25, -0.2) is 5.10 Å². The minimum atomic E-state index is -0.314. The van der Waals surface area contributed by atoms with Crippen LogP contribution < -0.4 is 5.56 Å². The predicted molar refractivity (Wildman–Crippen MR) is 59.3 cm³/mol. The summed E-state index contributed by atoms with van der Waals surface area (Å²) in [6.07, 6.45) is 1.09. The molecule has 0 radical (unpaired) electrons. The van der Waals surface area contributed by atoms with Gasteiger partial charge in [0.15, 0.2) is 0 Å². The van der Waals surface area contributed by atoms with Gasteiger partial charge in [0.25, 0.3) is 5.56 Å². The van der Waals surface area contributed by atoms with Crippen LogP contribution in [-0.2, 0) is 0 Å². The molecule has 0 aromatic carbocycles. The van der Waals surface area contributed by atoms with Gasteiger partial charge in [-0.15, -0.1) is 0 Å². The van der Waals surface area contributed by atoms with E-state index < -0.39 is 0 Å². The molecule has 5 heteroatoms. The number of hydrogen-bond acceptors (Lipinski definition) is 3. The average molecular weight is 228 g/mol. The van der Waals surface area contributed by atoms with Crippen molar-refractivity contribution >= 4 is 11.6 Å². The van der Waals surface area contributed by atoms with E-state index in [9.17, 15) is 4.79 Å². The van der Waals surface area contributed by atoms with E-state index in [1.807, 2.05) is 0 Å². The van der Waals surface area contributed by atoms with Crippen molar-refractivity contribution in [3.8, 4) is 0 Å². The van der Waals surface area contributed by atoms with Crippen LogP contribution in [0.1, 0.15) is 25.0 Å². The number of nitrogens with zero attached hydrogens (tertiary/aromatic N) is 2. The van der Waals surface area contributed by atoms with Crippen molar-refractivity contribution in [1.29, 1.82) is 0 Å². The Morgan fingerprint density at radius 1 is 1.73 bits per heavy atom. The lowest BCUT2D eigenvalue weighted by Gasteiger charge is -2.12. The summed E-state index contributed by atoms with van der Waals surface area (Å²) >= 11 is 5.77. The Morgan fingerprint density at radius 2 is 2.53 bits per heavy atom. The Bertz CT molecular complexity index is 404. The summed E-state index contributed by atoms with van der Waals surface area (Å²) in [6.45, 7) is 5.31. The fourth-order valence-corrected chi connectivity index (χ4v) is 2.12. The van der Waals surface area contributed by atoms with Crippen LogP contribution in [0.5, 0.6) is 0 Å². The Hall–Kier alpha value is -0.870. The maximum Gasteiger partial charge on any atom is 0.282 e. The first-order valence-corrected chi connectivity index (χ1v) is 5.56. The van der Waals surface area contributed by atoms with E-state index in [0.717, 1.165) is 31.7 Å². The van der Waals surface area contributed by atoms with Crippen molar-refractivity contribution in [2.24, 2.45) is 0 Å². The first-order valence-electron chi connectivity index (χ1n) is 5.18. The lowest BCUT2D eigenvalue weighted by molar-refractivity contribution is 0.353. The zero-order valence-electron chi connectivity index (χ0n) is 8.66. The monoisotopic (exact) mass is 227 g/mol. The van der Waals surface area contributed by atoms with E-state index in [2.05, 4.69) is 22.0 Å². The lowest BCUT2D eigenvalue weighted by atomic mass is 10.1. The van der Waals surface area contributed by atoms with Gasteiger partial charge in [-0.2, -0.15) is 5.10 Å². The molecule has 1 aliphatic heterocycles. The second kappa shape index (κ2) is 4.33. The van der Waals surface area contributed by atoms with Crippen LogP contribution in [0.25, 0.3) is 0 Å². The van der Waals surface area contributed by atoms with E-state index in [1.54, 1.807) is 6.07 Å². The van der Waals surface area contributed by atoms with E-state index in [0.29, 0.717) is 5.92 Å².